The van der Waals surface area contributed by atoms with Gasteiger partial charge in [0.15, 0.2) is 0 Å². The molecule has 138 valence electrons. The molecule has 1 aliphatic heterocycles. The minimum absolute atomic E-state index is 0.0231. The quantitative estimate of drug-likeness (QED) is 0.765. The van der Waals surface area contributed by atoms with E-state index in [1.807, 2.05) is 36.1 Å². The lowest BCUT2D eigenvalue weighted by Crippen LogP contribution is -2.31. The topological polar surface area (TPSA) is 61.9 Å². The third-order valence-electron chi connectivity index (χ3n) is 5.07. The van der Waals surface area contributed by atoms with Gasteiger partial charge in [-0.25, -0.2) is 4.39 Å². The van der Waals surface area contributed by atoms with Crippen molar-refractivity contribution in [3.63, 3.8) is 0 Å². The molecular weight excluding hydrogens is 343 g/mol. The molecule has 1 aromatic carbocycles. The average Bonchev–Trinajstić information content (AvgIpc) is 3.32. The van der Waals surface area contributed by atoms with E-state index in [0.717, 1.165) is 29.9 Å². The third-order valence-corrected chi connectivity index (χ3v) is 5.07. The Balaban J connectivity index is 1.58. The van der Waals surface area contributed by atoms with Crippen LogP contribution in [0.2, 0.25) is 0 Å². The molecule has 1 fully saturated rings. The van der Waals surface area contributed by atoms with Gasteiger partial charge in [-0.1, -0.05) is 24.3 Å². The Morgan fingerprint density at radius 2 is 2.11 bits per heavy atom. The second-order valence-electron chi connectivity index (χ2n) is 6.89. The molecule has 0 bridgehead atoms. The van der Waals surface area contributed by atoms with E-state index < -0.39 is 0 Å². The molecule has 1 saturated heterocycles. The fourth-order valence-corrected chi connectivity index (χ4v) is 3.66. The number of hydrogen-bond donors (Lipinski definition) is 1. The summed E-state index contributed by atoms with van der Waals surface area (Å²) in [5.74, 6) is -0.247. The van der Waals surface area contributed by atoms with Crippen LogP contribution in [0.4, 0.5) is 4.39 Å². The molecule has 2 aromatic heterocycles. The first kappa shape index (κ1) is 17.4. The number of likely N-dealkylation sites (tertiary alicyclic amines) is 1. The van der Waals surface area contributed by atoms with Crippen molar-refractivity contribution in [2.45, 2.75) is 32.2 Å². The Kier molecular flexibility index (Phi) is 4.71. The fraction of sp³-hybridized carbons (Fsp3) is 0.286. The molecule has 0 radical (unpaired) electrons. The van der Waals surface area contributed by atoms with Crippen molar-refractivity contribution in [3.8, 4) is 0 Å². The lowest BCUT2D eigenvalue weighted by molar-refractivity contribution is 0.0732. The van der Waals surface area contributed by atoms with Gasteiger partial charge >= 0.3 is 0 Å². The van der Waals surface area contributed by atoms with Crippen LogP contribution < -0.4 is 0 Å². The normalized spacial score (nSPS) is 16.7. The van der Waals surface area contributed by atoms with Crippen molar-refractivity contribution in [2.75, 3.05) is 6.54 Å². The average molecular weight is 364 g/mol. The van der Waals surface area contributed by atoms with Gasteiger partial charge in [0, 0.05) is 24.4 Å². The molecule has 0 spiro atoms. The highest BCUT2D eigenvalue weighted by molar-refractivity contribution is 5.95. The van der Waals surface area contributed by atoms with Gasteiger partial charge in [0.1, 0.15) is 5.82 Å². The minimum atomic E-state index is -0.224. The van der Waals surface area contributed by atoms with Crippen LogP contribution in [0.1, 0.15) is 51.9 Å². The van der Waals surface area contributed by atoms with Gasteiger partial charge in [-0.3, -0.25) is 14.9 Å². The van der Waals surface area contributed by atoms with E-state index in [0.29, 0.717) is 24.1 Å². The standard InChI is InChI=1S/C21H21FN4O/c1-14-17(13-23-25-14)21(27)26-11-5-10-20(26)19-9-4-7-16(24-19)12-15-6-2-3-8-18(15)22/h2-4,6-9,13,20H,5,10-12H2,1H3,(H,23,25)/t20-/m0/s1. The van der Waals surface area contributed by atoms with E-state index in [1.54, 1.807) is 18.3 Å². The first-order chi connectivity index (χ1) is 13.1. The van der Waals surface area contributed by atoms with Crippen molar-refractivity contribution in [1.82, 2.24) is 20.1 Å². The van der Waals surface area contributed by atoms with Crippen molar-refractivity contribution >= 4 is 5.91 Å². The maximum Gasteiger partial charge on any atom is 0.257 e. The minimum Gasteiger partial charge on any atom is -0.330 e. The summed E-state index contributed by atoms with van der Waals surface area (Å²) >= 11 is 0. The maximum atomic E-state index is 14.0. The molecule has 4 rings (SSSR count). The number of benzene rings is 1. The molecule has 5 nitrogen and oxygen atoms in total. The largest absolute Gasteiger partial charge is 0.330 e. The van der Waals surface area contributed by atoms with Gasteiger partial charge in [-0.05, 0) is 43.5 Å². The van der Waals surface area contributed by atoms with Gasteiger partial charge in [0.05, 0.1) is 23.5 Å². The van der Waals surface area contributed by atoms with Crippen LogP contribution in [-0.2, 0) is 6.42 Å². The van der Waals surface area contributed by atoms with E-state index in [2.05, 4.69) is 10.2 Å². The number of halogens is 1. The number of aromatic nitrogens is 3. The monoisotopic (exact) mass is 364 g/mol. The van der Waals surface area contributed by atoms with E-state index in [1.165, 1.54) is 6.07 Å². The van der Waals surface area contributed by atoms with Crippen LogP contribution in [0.15, 0.2) is 48.7 Å². The molecule has 3 aromatic rings. The summed E-state index contributed by atoms with van der Waals surface area (Å²) in [4.78, 5) is 19.5. The summed E-state index contributed by atoms with van der Waals surface area (Å²) < 4.78 is 14.0. The number of pyridine rings is 1. The molecule has 1 N–H and O–H groups in total. The Morgan fingerprint density at radius 1 is 1.26 bits per heavy atom. The third kappa shape index (κ3) is 3.47. The number of carbonyl (C=O) groups excluding carboxylic acids is 1. The molecule has 1 atom stereocenters. The van der Waals surface area contributed by atoms with Crippen molar-refractivity contribution in [3.05, 3.63) is 82.7 Å². The summed E-state index contributed by atoms with van der Waals surface area (Å²) in [5, 5.41) is 6.78. The molecule has 1 amide bonds. The molecular formula is C21H21FN4O. The van der Waals surface area contributed by atoms with E-state index in [4.69, 9.17) is 4.98 Å². The van der Waals surface area contributed by atoms with Crippen LogP contribution in [0.5, 0.6) is 0 Å². The Morgan fingerprint density at radius 3 is 2.89 bits per heavy atom. The highest BCUT2D eigenvalue weighted by atomic mass is 19.1. The maximum absolute atomic E-state index is 14.0. The molecule has 1 aliphatic rings. The van der Waals surface area contributed by atoms with Crippen LogP contribution in [-0.4, -0.2) is 32.5 Å². The summed E-state index contributed by atoms with van der Waals surface area (Å²) in [7, 11) is 0. The van der Waals surface area contributed by atoms with Crippen LogP contribution in [0.3, 0.4) is 0 Å². The number of nitrogens with zero attached hydrogens (tertiary/aromatic N) is 3. The van der Waals surface area contributed by atoms with Gasteiger partial charge in [-0.2, -0.15) is 5.10 Å². The van der Waals surface area contributed by atoms with Gasteiger partial charge < -0.3 is 4.90 Å². The van der Waals surface area contributed by atoms with E-state index in [9.17, 15) is 9.18 Å². The predicted molar refractivity (Wildman–Crippen MR) is 99.8 cm³/mol. The molecule has 0 aliphatic carbocycles. The Labute approximate surface area is 157 Å². The number of amides is 1. The van der Waals surface area contributed by atoms with Crippen molar-refractivity contribution in [1.29, 1.82) is 0 Å². The van der Waals surface area contributed by atoms with Gasteiger partial charge in [0.2, 0.25) is 0 Å². The molecule has 0 saturated carbocycles. The summed E-state index contributed by atoms with van der Waals surface area (Å²) in [6.07, 6.45) is 3.82. The zero-order chi connectivity index (χ0) is 18.8. The zero-order valence-corrected chi connectivity index (χ0v) is 15.2. The van der Waals surface area contributed by atoms with E-state index >= 15 is 0 Å². The lowest BCUT2D eigenvalue weighted by atomic mass is 10.1. The second kappa shape index (κ2) is 7.31. The fourth-order valence-electron chi connectivity index (χ4n) is 3.66. The second-order valence-corrected chi connectivity index (χ2v) is 6.89. The first-order valence-electron chi connectivity index (χ1n) is 9.13. The smallest absolute Gasteiger partial charge is 0.257 e. The SMILES string of the molecule is Cc1[nH]ncc1C(=O)N1CCC[C@H]1c1cccc(Cc2ccccc2F)n1. The molecule has 6 heteroatoms. The van der Waals surface area contributed by atoms with Crippen LogP contribution >= 0.6 is 0 Å². The number of hydrogen-bond acceptors (Lipinski definition) is 3. The number of H-pyrrole nitrogens is 1. The number of rotatable bonds is 4. The van der Waals surface area contributed by atoms with Crippen molar-refractivity contribution < 1.29 is 9.18 Å². The summed E-state index contributed by atoms with van der Waals surface area (Å²) in [5.41, 5.74) is 3.65. The van der Waals surface area contributed by atoms with Crippen molar-refractivity contribution in [2.24, 2.45) is 0 Å². The molecule has 0 unspecified atom stereocenters. The van der Waals surface area contributed by atoms with Gasteiger partial charge in [0.25, 0.3) is 5.91 Å². The van der Waals surface area contributed by atoms with Gasteiger partial charge in [-0.15, -0.1) is 0 Å². The zero-order valence-electron chi connectivity index (χ0n) is 15.2. The number of nitrogens with one attached hydrogen (secondary N) is 1. The number of carbonyl (C=O) groups is 1. The summed E-state index contributed by atoms with van der Waals surface area (Å²) in [6.45, 7) is 2.55. The first-order valence-corrected chi connectivity index (χ1v) is 9.13. The number of aryl methyl sites for hydroxylation is 1. The molecule has 3 heterocycles. The Bertz CT molecular complexity index is 968. The Hall–Kier alpha value is -3.02. The highest BCUT2D eigenvalue weighted by Crippen LogP contribution is 2.32. The van der Waals surface area contributed by atoms with E-state index in [-0.39, 0.29) is 17.8 Å². The summed E-state index contributed by atoms with van der Waals surface area (Å²) in [6, 6.07) is 12.5. The highest BCUT2D eigenvalue weighted by Gasteiger charge is 2.32. The number of aromatic amines is 1. The molecule has 27 heavy (non-hydrogen) atoms. The predicted octanol–water partition coefficient (Wildman–Crippen LogP) is 3.82. The van der Waals surface area contributed by atoms with Crippen LogP contribution in [0, 0.1) is 12.7 Å². The lowest BCUT2D eigenvalue weighted by Gasteiger charge is -2.24. The van der Waals surface area contributed by atoms with Crippen LogP contribution in [0.25, 0.3) is 0 Å².